The van der Waals surface area contributed by atoms with Crippen LogP contribution in [0.1, 0.15) is 18.9 Å². The Morgan fingerprint density at radius 1 is 1.35 bits per heavy atom. The van der Waals surface area contributed by atoms with Gasteiger partial charge in [-0.25, -0.2) is 9.59 Å². The van der Waals surface area contributed by atoms with Gasteiger partial charge >= 0.3 is 11.8 Å². The Morgan fingerprint density at radius 3 is 2.80 bits per heavy atom. The van der Waals surface area contributed by atoms with E-state index in [1.165, 1.54) is 0 Å². The third-order valence-electron chi connectivity index (χ3n) is 3.64. The molecule has 0 atom stereocenters. The predicted molar refractivity (Wildman–Crippen MR) is 75.3 cm³/mol. The van der Waals surface area contributed by atoms with Crippen LogP contribution in [0.25, 0.3) is 11.0 Å². The smallest absolute Gasteiger partial charge is 0.409 e. The van der Waals surface area contributed by atoms with Gasteiger partial charge in [0.15, 0.2) is 0 Å². The summed E-state index contributed by atoms with van der Waals surface area (Å²) in [5.74, 6) is 0. The molecule has 1 fully saturated rings. The van der Waals surface area contributed by atoms with E-state index in [1.54, 1.807) is 22.8 Å². The minimum atomic E-state index is -1.12. The van der Waals surface area contributed by atoms with Crippen LogP contribution in [0, 0.1) is 0 Å². The average molecular weight is 276 g/mol. The van der Waals surface area contributed by atoms with Crippen molar-refractivity contribution in [3.05, 3.63) is 28.7 Å². The lowest BCUT2D eigenvalue weighted by Crippen LogP contribution is -2.33. The van der Waals surface area contributed by atoms with Crippen molar-refractivity contribution in [1.82, 2.24) is 14.9 Å². The lowest BCUT2D eigenvalue weighted by molar-refractivity contribution is 0.210. The number of rotatable bonds is 2. The van der Waals surface area contributed by atoms with Gasteiger partial charge in [-0.05, 0) is 44.1 Å². The van der Waals surface area contributed by atoms with Crippen molar-refractivity contribution in [3.63, 3.8) is 0 Å². The van der Waals surface area contributed by atoms with E-state index in [9.17, 15) is 9.59 Å². The van der Waals surface area contributed by atoms with E-state index in [2.05, 4.69) is 15.6 Å². The third-order valence-corrected chi connectivity index (χ3v) is 3.64. The van der Waals surface area contributed by atoms with Crippen LogP contribution in [0.2, 0.25) is 0 Å². The fourth-order valence-electron chi connectivity index (χ4n) is 2.75. The number of anilines is 1. The van der Waals surface area contributed by atoms with Crippen LogP contribution in [-0.4, -0.2) is 33.8 Å². The van der Waals surface area contributed by atoms with Crippen molar-refractivity contribution >= 4 is 22.8 Å². The molecule has 7 nitrogen and oxygen atoms in total. The van der Waals surface area contributed by atoms with Gasteiger partial charge in [0.1, 0.15) is 0 Å². The molecule has 1 amide bonds. The fourth-order valence-corrected chi connectivity index (χ4v) is 2.75. The maximum absolute atomic E-state index is 12.1. The van der Waals surface area contributed by atoms with Crippen LogP contribution in [-0.2, 0) is 0 Å². The van der Waals surface area contributed by atoms with Crippen molar-refractivity contribution in [2.45, 2.75) is 18.9 Å². The molecule has 2 aromatic rings. The number of aromatic nitrogens is 2. The molecular weight excluding hydrogens is 260 g/mol. The number of nitrogens with zero attached hydrogens (tertiary/aromatic N) is 1. The number of carbonyl (C=O) groups is 1. The van der Waals surface area contributed by atoms with E-state index in [4.69, 9.17) is 5.11 Å². The first kappa shape index (κ1) is 12.7. The lowest BCUT2D eigenvalue weighted by atomic mass is 10.1. The van der Waals surface area contributed by atoms with E-state index < -0.39 is 6.09 Å². The molecule has 2 heterocycles. The largest absolute Gasteiger partial charge is 0.465 e. The Morgan fingerprint density at radius 2 is 2.10 bits per heavy atom. The average Bonchev–Trinajstić information content (AvgIpc) is 2.74. The first-order chi connectivity index (χ1) is 9.65. The summed E-state index contributed by atoms with van der Waals surface area (Å²) in [7, 11) is 0. The molecule has 0 spiro atoms. The molecule has 1 aromatic heterocycles. The molecular formula is C13H16N4O3. The van der Waals surface area contributed by atoms with E-state index in [0.29, 0.717) is 5.69 Å². The Hall–Kier alpha value is -2.28. The zero-order valence-electron chi connectivity index (χ0n) is 10.8. The second-order valence-electron chi connectivity index (χ2n) is 4.94. The number of aromatic amines is 1. The number of fused-ring (bicyclic) bond motifs is 1. The molecule has 1 aromatic carbocycles. The molecule has 1 saturated heterocycles. The summed E-state index contributed by atoms with van der Waals surface area (Å²) < 4.78 is 1.74. The number of carboxylic acid groups (broad SMARTS) is 1. The van der Waals surface area contributed by atoms with Crippen molar-refractivity contribution in [3.8, 4) is 0 Å². The first-order valence-corrected chi connectivity index (χ1v) is 6.60. The Kier molecular flexibility index (Phi) is 3.19. The summed E-state index contributed by atoms with van der Waals surface area (Å²) in [4.78, 5) is 25.6. The van der Waals surface area contributed by atoms with Crippen LogP contribution < -0.4 is 16.3 Å². The molecule has 7 heteroatoms. The highest BCUT2D eigenvalue weighted by molar-refractivity contribution is 5.87. The minimum Gasteiger partial charge on any atom is -0.465 e. The maximum atomic E-state index is 12.1. The van der Waals surface area contributed by atoms with Crippen LogP contribution >= 0.6 is 0 Å². The van der Waals surface area contributed by atoms with Crippen LogP contribution in [0.5, 0.6) is 0 Å². The van der Waals surface area contributed by atoms with Crippen molar-refractivity contribution in [1.29, 1.82) is 0 Å². The number of hydrogen-bond acceptors (Lipinski definition) is 3. The molecule has 20 heavy (non-hydrogen) atoms. The van der Waals surface area contributed by atoms with Crippen molar-refractivity contribution in [2.75, 3.05) is 18.4 Å². The zero-order chi connectivity index (χ0) is 14.1. The van der Waals surface area contributed by atoms with Gasteiger partial charge in [0.05, 0.1) is 11.0 Å². The van der Waals surface area contributed by atoms with Gasteiger partial charge in [0.25, 0.3) is 0 Å². The van der Waals surface area contributed by atoms with Crippen LogP contribution in [0.3, 0.4) is 0 Å². The summed E-state index contributed by atoms with van der Waals surface area (Å²) >= 11 is 0. The quantitative estimate of drug-likeness (QED) is 0.665. The van der Waals surface area contributed by atoms with E-state index in [0.717, 1.165) is 37.0 Å². The summed E-state index contributed by atoms with van der Waals surface area (Å²) in [5.41, 5.74) is 1.80. The number of amides is 1. The summed E-state index contributed by atoms with van der Waals surface area (Å²) in [6.45, 7) is 1.77. The molecule has 0 saturated carbocycles. The monoisotopic (exact) mass is 276 g/mol. The highest BCUT2D eigenvalue weighted by atomic mass is 16.4. The normalized spacial score (nSPS) is 16.4. The van der Waals surface area contributed by atoms with Gasteiger partial charge in [0.2, 0.25) is 0 Å². The van der Waals surface area contributed by atoms with Gasteiger partial charge in [0, 0.05) is 11.7 Å². The molecule has 1 aliphatic rings. The number of nitrogens with one attached hydrogen (secondary N) is 3. The number of hydrogen-bond donors (Lipinski definition) is 4. The Labute approximate surface area is 114 Å². The zero-order valence-corrected chi connectivity index (χ0v) is 10.8. The SMILES string of the molecule is O=C(O)Nc1ccc2[nH]c(=O)n(C3CCNCC3)c2c1. The minimum absolute atomic E-state index is 0.139. The highest BCUT2D eigenvalue weighted by Gasteiger charge is 2.19. The first-order valence-electron chi connectivity index (χ1n) is 6.60. The number of piperidine rings is 1. The standard InChI is InChI=1S/C13H16N4O3/c18-12-16-10-2-1-8(15-13(19)20)7-11(10)17(12)9-3-5-14-6-4-9/h1-2,7,9,14-15H,3-6H2,(H,16,18)(H,19,20). The van der Waals surface area contributed by atoms with Gasteiger partial charge in [-0.1, -0.05) is 0 Å². The number of imidazole rings is 1. The predicted octanol–water partition coefficient (Wildman–Crippen LogP) is 1.34. The van der Waals surface area contributed by atoms with Gasteiger partial charge in [-0.3, -0.25) is 9.88 Å². The molecule has 0 bridgehead atoms. The third kappa shape index (κ3) is 2.27. The Bertz CT molecular complexity index is 697. The lowest BCUT2D eigenvalue weighted by Gasteiger charge is -2.23. The molecule has 1 aliphatic heterocycles. The second-order valence-corrected chi connectivity index (χ2v) is 4.94. The number of benzene rings is 1. The second kappa shape index (κ2) is 5.01. The molecule has 0 aliphatic carbocycles. The maximum Gasteiger partial charge on any atom is 0.409 e. The van der Waals surface area contributed by atoms with E-state index >= 15 is 0 Å². The molecule has 4 N–H and O–H groups in total. The van der Waals surface area contributed by atoms with Gasteiger partial charge in [-0.2, -0.15) is 0 Å². The summed E-state index contributed by atoms with van der Waals surface area (Å²) in [6.07, 6.45) is 0.669. The van der Waals surface area contributed by atoms with Gasteiger partial charge in [-0.15, -0.1) is 0 Å². The van der Waals surface area contributed by atoms with Crippen LogP contribution in [0.15, 0.2) is 23.0 Å². The van der Waals surface area contributed by atoms with Crippen molar-refractivity contribution < 1.29 is 9.90 Å². The van der Waals surface area contributed by atoms with E-state index in [-0.39, 0.29) is 11.7 Å². The van der Waals surface area contributed by atoms with E-state index in [1.807, 2.05) is 0 Å². The summed E-state index contributed by atoms with van der Waals surface area (Å²) in [5, 5.41) is 14.3. The molecule has 106 valence electrons. The number of H-pyrrole nitrogens is 1. The highest BCUT2D eigenvalue weighted by Crippen LogP contribution is 2.24. The molecule has 0 unspecified atom stereocenters. The fraction of sp³-hybridized carbons (Fsp3) is 0.385. The van der Waals surface area contributed by atoms with Crippen molar-refractivity contribution in [2.24, 2.45) is 0 Å². The van der Waals surface area contributed by atoms with Crippen LogP contribution in [0.4, 0.5) is 10.5 Å². The Balaban J connectivity index is 2.07. The topological polar surface area (TPSA) is 99.2 Å². The van der Waals surface area contributed by atoms with Gasteiger partial charge < -0.3 is 15.4 Å². The molecule has 0 radical (unpaired) electrons. The summed E-state index contributed by atoms with van der Waals surface area (Å²) in [6, 6.07) is 5.21. The molecule has 3 rings (SSSR count).